The van der Waals surface area contributed by atoms with Crippen molar-refractivity contribution >= 4 is 5.91 Å². The second-order valence-electron chi connectivity index (χ2n) is 6.75. The predicted octanol–water partition coefficient (Wildman–Crippen LogP) is 2.12. The Labute approximate surface area is 147 Å². The minimum Gasteiger partial charge on any atom is -0.493 e. The number of hydrogen-bond donors (Lipinski definition) is 1. The van der Waals surface area contributed by atoms with Crippen molar-refractivity contribution in [3.05, 3.63) is 41.0 Å². The Kier molecular flexibility index (Phi) is 4.11. The Balaban J connectivity index is 1.51. The van der Waals surface area contributed by atoms with Gasteiger partial charge in [-0.15, -0.1) is 0 Å². The summed E-state index contributed by atoms with van der Waals surface area (Å²) in [5.74, 6) is 1.77. The summed E-state index contributed by atoms with van der Waals surface area (Å²) in [5, 5.41) is 0. The highest BCUT2D eigenvalue weighted by molar-refractivity contribution is 5.79. The molecular formula is C19H23N3O3. The minimum atomic E-state index is 0.0506. The van der Waals surface area contributed by atoms with Gasteiger partial charge in [0.2, 0.25) is 5.91 Å². The van der Waals surface area contributed by atoms with E-state index in [9.17, 15) is 4.79 Å². The van der Waals surface area contributed by atoms with E-state index in [1.807, 2.05) is 17.0 Å². The quantitative estimate of drug-likeness (QED) is 0.928. The van der Waals surface area contributed by atoms with Crippen LogP contribution in [-0.2, 0) is 30.6 Å². The van der Waals surface area contributed by atoms with E-state index >= 15 is 0 Å². The molecule has 0 unspecified atom stereocenters. The first kappa shape index (κ1) is 16.0. The van der Waals surface area contributed by atoms with Crippen LogP contribution in [0.15, 0.2) is 18.5 Å². The molecule has 0 radical (unpaired) electrons. The smallest absolute Gasteiger partial charge is 0.226 e. The van der Waals surface area contributed by atoms with Gasteiger partial charge in [-0.1, -0.05) is 0 Å². The largest absolute Gasteiger partial charge is 0.493 e. The summed E-state index contributed by atoms with van der Waals surface area (Å²) in [6, 6.07) is 4.04. The number of aromatic nitrogens is 2. The van der Waals surface area contributed by atoms with Crippen LogP contribution in [0.5, 0.6) is 11.5 Å². The molecule has 2 aromatic rings. The number of aromatic amines is 1. The normalized spacial score (nSPS) is 19.1. The van der Waals surface area contributed by atoms with Crippen LogP contribution in [0.2, 0.25) is 0 Å². The Bertz CT molecular complexity index is 799. The number of ether oxygens (including phenoxy) is 2. The van der Waals surface area contributed by atoms with Crippen LogP contribution in [0.25, 0.3) is 0 Å². The first-order valence-electron chi connectivity index (χ1n) is 8.73. The summed E-state index contributed by atoms with van der Waals surface area (Å²) in [6.07, 6.45) is 5.11. The number of carbonyl (C=O) groups is 1. The van der Waals surface area contributed by atoms with Crippen molar-refractivity contribution in [1.82, 2.24) is 14.9 Å². The average molecular weight is 341 g/mol. The third kappa shape index (κ3) is 2.86. The van der Waals surface area contributed by atoms with Crippen LogP contribution in [0.3, 0.4) is 0 Å². The number of imidazole rings is 1. The summed E-state index contributed by atoms with van der Waals surface area (Å²) < 4.78 is 10.8. The van der Waals surface area contributed by atoms with Gasteiger partial charge in [-0.25, -0.2) is 4.98 Å². The summed E-state index contributed by atoms with van der Waals surface area (Å²) in [4.78, 5) is 22.5. The zero-order chi connectivity index (χ0) is 17.4. The molecule has 1 aliphatic carbocycles. The van der Waals surface area contributed by atoms with Crippen LogP contribution in [0.4, 0.5) is 0 Å². The molecule has 25 heavy (non-hydrogen) atoms. The molecule has 6 nitrogen and oxygen atoms in total. The molecule has 4 rings (SSSR count). The van der Waals surface area contributed by atoms with Gasteiger partial charge in [-0.2, -0.15) is 0 Å². The molecule has 0 saturated heterocycles. The fraction of sp³-hybridized carbons (Fsp3) is 0.474. The van der Waals surface area contributed by atoms with E-state index in [0.717, 1.165) is 60.7 Å². The molecule has 1 aromatic heterocycles. The number of nitrogens with one attached hydrogen (secondary N) is 1. The lowest BCUT2D eigenvalue weighted by Gasteiger charge is -2.33. The van der Waals surface area contributed by atoms with Crippen molar-refractivity contribution in [2.75, 3.05) is 20.8 Å². The summed E-state index contributed by atoms with van der Waals surface area (Å²) in [6.45, 7) is 1.40. The van der Waals surface area contributed by atoms with Gasteiger partial charge in [-0.3, -0.25) is 4.79 Å². The fourth-order valence-corrected chi connectivity index (χ4v) is 3.94. The van der Waals surface area contributed by atoms with Crippen LogP contribution in [0.1, 0.15) is 28.9 Å². The van der Waals surface area contributed by atoms with Crippen LogP contribution in [0, 0.1) is 5.92 Å². The molecular weight excluding hydrogens is 318 g/mol. The van der Waals surface area contributed by atoms with Crippen molar-refractivity contribution in [2.45, 2.75) is 32.2 Å². The Morgan fingerprint density at radius 2 is 1.96 bits per heavy atom. The number of H-pyrrole nitrogens is 1. The van der Waals surface area contributed by atoms with E-state index in [2.05, 4.69) is 9.97 Å². The molecule has 2 aliphatic rings. The molecule has 1 N–H and O–H groups in total. The van der Waals surface area contributed by atoms with Crippen molar-refractivity contribution in [1.29, 1.82) is 0 Å². The average Bonchev–Trinajstić information content (AvgIpc) is 3.13. The van der Waals surface area contributed by atoms with E-state index in [1.54, 1.807) is 20.5 Å². The zero-order valence-electron chi connectivity index (χ0n) is 14.7. The number of aryl methyl sites for hydroxylation is 1. The van der Waals surface area contributed by atoms with Crippen molar-refractivity contribution in [3.63, 3.8) is 0 Å². The third-order valence-corrected chi connectivity index (χ3v) is 5.37. The monoisotopic (exact) mass is 341 g/mol. The lowest BCUT2D eigenvalue weighted by Crippen LogP contribution is -2.41. The third-order valence-electron chi connectivity index (χ3n) is 5.37. The molecule has 0 spiro atoms. The molecule has 1 aromatic carbocycles. The molecule has 1 amide bonds. The van der Waals surface area contributed by atoms with E-state index < -0.39 is 0 Å². The Morgan fingerprint density at radius 1 is 1.20 bits per heavy atom. The second kappa shape index (κ2) is 6.43. The maximum atomic E-state index is 13.0. The molecule has 2 heterocycles. The highest BCUT2D eigenvalue weighted by atomic mass is 16.5. The van der Waals surface area contributed by atoms with Gasteiger partial charge in [0.15, 0.2) is 11.5 Å². The first-order valence-corrected chi connectivity index (χ1v) is 8.73. The standard InChI is InChI=1S/C19H23N3O3/c1-24-17-8-12-5-6-22(10-14(12)9-18(17)25-2)19(23)13-3-4-15-16(7-13)21-11-20-15/h8-9,11,13H,3-7,10H2,1-2H3,(H,20,21)/t13-/m0/s1. The molecule has 1 atom stereocenters. The Morgan fingerprint density at radius 3 is 2.72 bits per heavy atom. The Hall–Kier alpha value is -2.50. The molecule has 132 valence electrons. The van der Waals surface area contributed by atoms with Crippen molar-refractivity contribution in [2.24, 2.45) is 5.92 Å². The van der Waals surface area contributed by atoms with Crippen molar-refractivity contribution in [3.8, 4) is 11.5 Å². The molecule has 6 heteroatoms. The van der Waals surface area contributed by atoms with E-state index in [0.29, 0.717) is 6.54 Å². The lowest BCUT2D eigenvalue weighted by atomic mass is 9.88. The van der Waals surface area contributed by atoms with E-state index in [1.165, 1.54) is 5.56 Å². The van der Waals surface area contributed by atoms with E-state index in [4.69, 9.17) is 9.47 Å². The highest BCUT2D eigenvalue weighted by Gasteiger charge is 2.31. The number of fused-ring (bicyclic) bond motifs is 2. The zero-order valence-corrected chi connectivity index (χ0v) is 14.7. The maximum absolute atomic E-state index is 13.0. The van der Waals surface area contributed by atoms with Crippen LogP contribution < -0.4 is 9.47 Å². The van der Waals surface area contributed by atoms with E-state index in [-0.39, 0.29) is 11.8 Å². The lowest BCUT2D eigenvalue weighted by molar-refractivity contribution is -0.136. The van der Waals surface area contributed by atoms with Gasteiger partial charge in [0.05, 0.1) is 26.2 Å². The number of rotatable bonds is 3. The molecule has 0 saturated carbocycles. The second-order valence-corrected chi connectivity index (χ2v) is 6.75. The van der Waals surface area contributed by atoms with Crippen molar-refractivity contribution < 1.29 is 14.3 Å². The maximum Gasteiger partial charge on any atom is 0.226 e. The topological polar surface area (TPSA) is 67.5 Å². The van der Waals surface area contributed by atoms with Gasteiger partial charge in [0.25, 0.3) is 0 Å². The van der Waals surface area contributed by atoms with Crippen LogP contribution in [-0.4, -0.2) is 41.5 Å². The highest BCUT2D eigenvalue weighted by Crippen LogP contribution is 2.34. The van der Waals surface area contributed by atoms with Gasteiger partial charge < -0.3 is 19.4 Å². The fourth-order valence-electron chi connectivity index (χ4n) is 3.94. The molecule has 1 aliphatic heterocycles. The van der Waals surface area contributed by atoms with Crippen LogP contribution >= 0.6 is 0 Å². The summed E-state index contributed by atoms with van der Waals surface area (Å²) in [7, 11) is 3.29. The SMILES string of the molecule is COc1cc2c(cc1OC)CN(C(=O)[C@H]1CCc3nc[nH]c3C1)CC2. The predicted molar refractivity (Wildman–Crippen MR) is 92.8 cm³/mol. The first-order chi connectivity index (χ1) is 12.2. The summed E-state index contributed by atoms with van der Waals surface area (Å²) >= 11 is 0. The minimum absolute atomic E-state index is 0.0506. The number of nitrogens with zero attached hydrogens (tertiary/aromatic N) is 2. The van der Waals surface area contributed by atoms with Gasteiger partial charge >= 0.3 is 0 Å². The summed E-state index contributed by atoms with van der Waals surface area (Å²) in [5.41, 5.74) is 4.62. The number of methoxy groups -OCH3 is 2. The molecule has 0 fully saturated rings. The molecule has 0 bridgehead atoms. The van der Waals surface area contributed by atoms with Gasteiger partial charge in [0, 0.05) is 31.1 Å². The number of amides is 1. The number of benzene rings is 1. The van der Waals surface area contributed by atoms with Gasteiger partial charge in [-0.05, 0) is 42.5 Å². The van der Waals surface area contributed by atoms with Gasteiger partial charge in [0.1, 0.15) is 0 Å². The number of carbonyl (C=O) groups excluding carboxylic acids is 1. The number of hydrogen-bond acceptors (Lipinski definition) is 4.